The molecule has 4 heteroatoms. The SMILES string of the molecule is CCOC(=O)COc1ccccc1[C@@H](C)N. The molecule has 0 bridgehead atoms. The van der Waals surface area contributed by atoms with E-state index in [9.17, 15) is 4.79 Å². The highest BCUT2D eigenvalue weighted by Crippen LogP contribution is 2.22. The maximum Gasteiger partial charge on any atom is 0.344 e. The van der Waals surface area contributed by atoms with Crippen molar-refractivity contribution in [3.8, 4) is 5.75 Å². The van der Waals surface area contributed by atoms with Gasteiger partial charge in [-0.2, -0.15) is 0 Å². The van der Waals surface area contributed by atoms with Gasteiger partial charge in [-0.1, -0.05) is 18.2 Å². The first kappa shape index (κ1) is 12.5. The molecule has 4 nitrogen and oxygen atoms in total. The van der Waals surface area contributed by atoms with Crippen LogP contribution in [-0.2, 0) is 9.53 Å². The van der Waals surface area contributed by atoms with Crippen molar-refractivity contribution in [1.29, 1.82) is 0 Å². The van der Waals surface area contributed by atoms with Crippen molar-refractivity contribution < 1.29 is 14.3 Å². The van der Waals surface area contributed by atoms with Gasteiger partial charge in [-0.15, -0.1) is 0 Å². The molecule has 16 heavy (non-hydrogen) atoms. The van der Waals surface area contributed by atoms with Crippen LogP contribution in [0.5, 0.6) is 5.75 Å². The fourth-order valence-corrected chi connectivity index (χ4v) is 1.33. The van der Waals surface area contributed by atoms with Gasteiger partial charge in [-0.25, -0.2) is 4.79 Å². The molecule has 2 N–H and O–H groups in total. The number of rotatable bonds is 5. The number of ether oxygens (including phenoxy) is 2. The van der Waals surface area contributed by atoms with Gasteiger partial charge in [0, 0.05) is 11.6 Å². The lowest BCUT2D eigenvalue weighted by atomic mass is 10.1. The average molecular weight is 223 g/mol. The molecule has 1 rings (SSSR count). The number of hydrogen-bond donors (Lipinski definition) is 1. The van der Waals surface area contributed by atoms with E-state index >= 15 is 0 Å². The average Bonchev–Trinajstić information content (AvgIpc) is 2.27. The second-order valence-corrected chi connectivity index (χ2v) is 3.42. The van der Waals surface area contributed by atoms with Crippen molar-refractivity contribution in [1.82, 2.24) is 0 Å². The quantitative estimate of drug-likeness (QED) is 0.771. The molecule has 1 aromatic carbocycles. The summed E-state index contributed by atoms with van der Waals surface area (Å²) in [6.45, 7) is 3.90. The normalized spacial score (nSPS) is 11.9. The van der Waals surface area contributed by atoms with E-state index in [1.807, 2.05) is 25.1 Å². The smallest absolute Gasteiger partial charge is 0.344 e. The zero-order valence-corrected chi connectivity index (χ0v) is 9.60. The highest BCUT2D eigenvalue weighted by molar-refractivity contribution is 5.71. The Morgan fingerprint density at radius 1 is 1.44 bits per heavy atom. The van der Waals surface area contributed by atoms with Crippen molar-refractivity contribution in [2.45, 2.75) is 19.9 Å². The lowest BCUT2D eigenvalue weighted by molar-refractivity contribution is -0.145. The Kier molecular flexibility index (Phi) is 4.79. The summed E-state index contributed by atoms with van der Waals surface area (Å²) in [5, 5.41) is 0. The third kappa shape index (κ3) is 3.55. The molecule has 0 amide bonds. The van der Waals surface area contributed by atoms with Crippen LogP contribution < -0.4 is 10.5 Å². The summed E-state index contributed by atoms with van der Waals surface area (Å²) in [5.41, 5.74) is 6.66. The number of para-hydroxylation sites is 1. The van der Waals surface area contributed by atoms with Gasteiger partial charge in [-0.3, -0.25) is 0 Å². The van der Waals surface area contributed by atoms with Gasteiger partial charge in [0.1, 0.15) is 5.75 Å². The molecule has 88 valence electrons. The van der Waals surface area contributed by atoms with Crippen LogP contribution in [0.2, 0.25) is 0 Å². The molecular formula is C12H17NO3. The van der Waals surface area contributed by atoms with E-state index in [2.05, 4.69) is 0 Å². The minimum atomic E-state index is -0.373. The van der Waals surface area contributed by atoms with E-state index in [0.717, 1.165) is 5.56 Å². The third-order valence-corrected chi connectivity index (χ3v) is 2.06. The van der Waals surface area contributed by atoms with Gasteiger partial charge in [0.15, 0.2) is 6.61 Å². The molecule has 0 saturated heterocycles. The second kappa shape index (κ2) is 6.12. The fraction of sp³-hybridized carbons (Fsp3) is 0.417. The molecule has 0 fully saturated rings. The number of hydrogen-bond acceptors (Lipinski definition) is 4. The Morgan fingerprint density at radius 3 is 2.75 bits per heavy atom. The van der Waals surface area contributed by atoms with Crippen molar-refractivity contribution in [2.24, 2.45) is 5.73 Å². The fourth-order valence-electron chi connectivity index (χ4n) is 1.33. The number of esters is 1. The van der Waals surface area contributed by atoms with Crippen LogP contribution in [0, 0.1) is 0 Å². The summed E-state index contributed by atoms with van der Waals surface area (Å²) in [7, 11) is 0. The van der Waals surface area contributed by atoms with Crippen LogP contribution >= 0.6 is 0 Å². The molecular weight excluding hydrogens is 206 g/mol. The van der Waals surface area contributed by atoms with Crippen LogP contribution in [-0.4, -0.2) is 19.2 Å². The van der Waals surface area contributed by atoms with Crippen molar-refractivity contribution in [3.63, 3.8) is 0 Å². The minimum Gasteiger partial charge on any atom is -0.482 e. The van der Waals surface area contributed by atoms with Gasteiger partial charge in [0.05, 0.1) is 6.61 Å². The molecule has 0 aliphatic heterocycles. The Morgan fingerprint density at radius 2 is 2.12 bits per heavy atom. The molecule has 0 heterocycles. The minimum absolute atomic E-state index is 0.0857. The topological polar surface area (TPSA) is 61.5 Å². The van der Waals surface area contributed by atoms with Crippen LogP contribution in [0.15, 0.2) is 24.3 Å². The van der Waals surface area contributed by atoms with E-state index in [-0.39, 0.29) is 18.6 Å². The van der Waals surface area contributed by atoms with E-state index < -0.39 is 0 Å². The lowest BCUT2D eigenvalue weighted by Gasteiger charge is -2.13. The maximum atomic E-state index is 11.1. The zero-order valence-electron chi connectivity index (χ0n) is 9.60. The molecule has 0 unspecified atom stereocenters. The molecule has 0 aliphatic rings. The number of nitrogens with two attached hydrogens (primary N) is 1. The Hall–Kier alpha value is -1.55. The van der Waals surface area contributed by atoms with E-state index in [4.69, 9.17) is 15.2 Å². The standard InChI is InChI=1S/C12H17NO3/c1-3-15-12(14)8-16-11-7-5-4-6-10(11)9(2)13/h4-7,9H,3,8,13H2,1-2H3/t9-/m1/s1. The van der Waals surface area contributed by atoms with Crippen molar-refractivity contribution in [3.05, 3.63) is 29.8 Å². The third-order valence-electron chi connectivity index (χ3n) is 2.06. The van der Waals surface area contributed by atoms with Gasteiger partial charge in [-0.05, 0) is 19.9 Å². The number of benzene rings is 1. The van der Waals surface area contributed by atoms with Gasteiger partial charge >= 0.3 is 5.97 Å². The summed E-state index contributed by atoms with van der Waals surface area (Å²) in [4.78, 5) is 11.1. The molecule has 0 spiro atoms. The molecule has 0 aromatic heterocycles. The predicted molar refractivity (Wildman–Crippen MR) is 61.2 cm³/mol. The summed E-state index contributed by atoms with van der Waals surface area (Å²) < 4.78 is 10.1. The zero-order chi connectivity index (χ0) is 12.0. The Balaban J connectivity index is 2.63. The first-order valence-corrected chi connectivity index (χ1v) is 5.28. The van der Waals surface area contributed by atoms with Crippen LogP contribution in [0.4, 0.5) is 0 Å². The van der Waals surface area contributed by atoms with Crippen LogP contribution in [0.3, 0.4) is 0 Å². The monoisotopic (exact) mass is 223 g/mol. The summed E-state index contributed by atoms with van der Waals surface area (Å²) in [6, 6.07) is 7.27. The lowest BCUT2D eigenvalue weighted by Crippen LogP contribution is -2.16. The Bertz CT molecular complexity index is 350. The highest BCUT2D eigenvalue weighted by atomic mass is 16.6. The van der Waals surface area contributed by atoms with Crippen molar-refractivity contribution in [2.75, 3.05) is 13.2 Å². The molecule has 1 atom stereocenters. The first-order chi connectivity index (χ1) is 7.65. The first-order valence-electron chi connectivity index (χ1n) is 5.28. The van der Waals surface area contributed by atoms with Gasteiger partial charge in [0.25, 0.3) is 0 Å². The van der Waals surface area contributed by atoms with E-state index in [1.54, 1.807) is 13.0 Å². The predicted octanol–water partition coefficient (Wildman–Crippen LogP) is 1.65. The summed E-state index contributed by atoms with van der Waals surface area (Å²) >= 11 is 0. The molecule has 1 aromatic rings. The highest BCUT2D eigenvalue weighted by Gasteiger charge is 2.09. The van der Waals surface area contributed by atoms with Crippen LogP contribution in [0.1, 0.15) is 25.5 Å². The van der Waals surface area contributed by atoms with Gasteiger partial charge in [0.2, 0.25) is 0 Å². The maximum absolute atomic E-state index is 11.1. The molecule has 0 saturated carbocycles. The Labute approximate surface area is 95.3 Å². The number of carbonyl (C=O) groups excluding carboxylic acids is 1. The molecule has 0 aliphatic carbocycles. The number of carbonyl (C=O) groups is 1. The van der Waals surface area contributed by atoms with E-state index in [0.29, 0.717) is 12.4 Å². The van der Waals surface area contributed by atoms with Gasteiger partial charge < -0.3 is 15.2 Å². The summed E-state index contributed by atoms with van der Waals surface area (Å²) in [6.07, 6.45) is 0. The van der Waals surface area contributed by atoms with Crippen molar-refractivity contribution >= 4 is 5.97 Å². The largest absolute Gasteiger partial charge is 0.482 e. The second-order valence-electron chi connectivity index (χ2n) is 3.42. The van der Waals surface area contributed by atoms with E-state index in [1.165, 1.54) is 0 Å². The molecule has 0 radical (unpaired) electrons. The van der Waals surface area contributed by atoms with Crippen LogP contribution in [0.25, 0.3) is 0 Å². The summed E-state index contributed by atoms with van der Waals surface area (Å²) in [5.74, 6) is 0.257.